The highest BCUT2D eigenvalue weighted by Gasteiger charge is 2.24. The maximum Gasteiger partial charge on any atom is 0.133 e. The summed E-state index contributed by atoms with van der Waals surface area (Å²) in [5.41, 5.74) is 3.07. The van der Waals surface area contributed by atoms with Crippen LogP contribution in [0.1, 0.15) is 62.3 Å². The minimum atomic E-state index is -0.576. The van der Waals surface area contributed by atoms with Gasteiger partial charge in [-0.1, -0.05) is 50.2 Å². The van der Waals surface area contributed by atoms with Crippen molar-refractivity contribution in [3.05, 3.63) is 71.0 Å². The zero-order valence-electron chi connectivity index (χ0n) is 15.2. The van der Waals surface area contributed by atoms with Gasteiger partial charge in [-0.25, -0.2) is 4.39 Å². The van der Waals surface area contributed by atoms with E-state index in [4.69, 9.17) is 0 Å². The van der Waals surface area contributed by atoms with E-state index in [0.717, 1.165) is 17.5 Å². The van der Waals surface area contributed by atoms with E-state index >= 15 is 0 Å². The van der Waals surface area contributed by atoms with E-state index in [2.05, 4.69) is 6.92 Å². The molecule has 0 spiro atoms. The highest BCUT2D eigenvalue weighted by Crippen LogP contribution is 2.31. The monoisotopic (exact) mass is 342 g/mol. The van der Waals surface area contributed by atoms with Gasteiger partial charge in [-0.3, -0.25) is 4.79 Å². The Bertz CT molecular complexity index is 676. The first-order chi connectivity index (χ1) is 11.9. The van der Waals surface area contributed by atoms with Crippen LogP contribution in [0.2, 0.25) is 0 Å². The molecule has 3 atom stereocenters. The molecular formula is C22H27FO2. The molecule has 0 unspecified atom stereocenters. The molecule has 2 rings (SSSR count). The zero-order valence-corrected chi connectivity index (χ0v) is 15.2. The molecule has 0 heterocycles. The third kappa shape index (κ3) is 5.23. The fraction of sp³-hybridized carbons (Fsp3) is 0.409. The Hall–Kier alpha value is -2.00. The predicted octanol–water partition coefficient (Wildman–Crippen LogP) is 5.21. The van der Waals surface area contributed by atoms with Crippen LogP contribution in [-0.4, -0.2) is 10.9 Å². The molecule has 25 heavy (non-hydrogen) atoms. The second-order valence-corrected chi connectivity index (χ2v) is 6.75. The number of carbonyl (C=O) groups excluding carboxylic acids is 1. The second-order valence-electron chi connectivity index (χ2n) is 6.75. The molecule has 2 aromatic carbocycles. The summed E-state index contributed by atoms with van der Waals surface area (Å²) in [6, 6.07) is 14.3. The summed E-state index contributed by atoms with van der Waals surface area (Å²) < 4.78 is 13.1. The Morgan fingerprint density at radius 1 is 1.00 bits per heavy atom. The Morgan fingerprint density at radius 3 is 2.08 bits per heavy atom. The Balaban J connectivity index is 2.03. The number of hydrogen-bond acceptors (Lipinski definition) is 2. The highest BCUT2D eigenvalue weighted by atomic mass is 19.1. The van der Waals surface area contributed by atoms with Crippen LogP contribution in [0.25, 0.3) is 0 Å². The summed E-state index contributed by atoms with van der Waals surface area (Å²) in [7, 11) is 0. The predicted molar refractivity (Wildman–Crippen MR) is 99.0 cm³/mol. The Labute approximate surface area is 149 Å². The van der Waals surface area contributed by atoms with Crippen LogP contribution < -0.4 is 0 Å². The maximum absolute atomic E-state index is 13.1. The molecule has 0 saturated carbocycles. The zero-order chi connectivity index (χ0) is 18.4. The molecule has 0 bridgehead atoms. The average Bonchev–Trinajstić information content (AvgIpc) is 2.62. The first-order valence-corrected chi connectivity index (χ1v) is 8.95. The Kier molecular flexibility index (Phi) is 6.89. The van der Waals surface area contributed by atoms with Gasteiger partial charge in [0.25, 0.3) is 0 Å². The lowest BCUT2D eigenvalue weighted by molar-refractivity contribution is -0.121. The Morgan fingerprint density at radius 2 is 1.56 bits per heavy atom. The summed E-state index contributed by atoms with van der Waals surface area (Å²) >= 11 is 0. The van der Waals surface area contributed by atoms with Crippen molar-refractivity contribution < 1.29 is 14.3 Å². The second kappa shape index (κ2) is 8.91. The lowest BCUT2D eigenvalue weighted by atomic mass is 9.81. The number of aryl methyl sites for hydroxylation is 1. The largest absolute Gasteiger partial charge is 0.388 e. The number of hydrogen-bond donors (Lipinski definition) is 1. The molecule has 2 aromatic rings. The molecule has 2 nitrogen and oxygen atoms in total. The normalized spacial score (nSPS) is 14.8. The van der Waals surface area contributed by atoms with Crippen molar-refractivity contribution in [2.45, 2.75) is 52.1 Å². The smallest absolute Gasteiger partial charge is 0.133 e. The van der Waals surface area contributed by atoms with Gasteiger partial charge in [-0.05, 0) is 60.9 Å². The van der Waals surface area contributed by atoms with Crippen LogP contribution in [-0.2, 0) is 11.2 Å². The molecule has 3 heteroatoms. The number of halogens is 1. The molecular weight excluding hydrogens is 315 g/mol. The maximum atomic E-state index is 13.1. The van der Waals surface area contributed by atoms with Crippen molar-refractivity contribution in [3.63, 3.8) is 0 Å². The van der Waals surface area contributed by atoms with Gasteiger partial charge >= 0.3 is 0 Å². The van der Waals surface area contributed by atoms with Crippen molar-refractivity contribution in [2.75, 3.05) is 0 Å². The van der Waals surface area contributed by atoms with Gasteiger partial charge < -0.3 is 5.11 Å². The molecule has 0 amide bonds. The third-order valence-electron chi connectivity index (χ3n) is 5.05. The molecule has 0 aliphatic heterocycles. The molecule has 0 fully saturated rings. The fourth-order valence-electron chi connectivity index (χ4n) is 3.28. The van der Waals surface area contributed by atoms with Crippen LogP contribution in [0.4, 0.5) is 4.39 Å². The highest BCUT2D eigenvalue weighted by molar-refractivity contribution is 5.79. The molecule has 0 radical (unpaired) electrons. The van der Waals surface area contributed by atoms with E-state index in [9.17, 15) is 14.3 Å². The topological polar surface area (TPSA) is 37.3 Å². The number of aliphatic hydroxyl groups excluding tert-OH is 1. The standard InChI is InChI=1S/C22H27FO2/c1-4-17-5-7-19(8-6-17)22(25)14-13-21(16(3)24)15(2)18-9-11-20(23)12-10-18/h5-12,15,21-22,25H,4,13-14H2,1-3H3/t15-,21-,22+/m1/s1. The molecule has 1 N–H and O–H groups in total. The lowest BCUT2D eigenvalue weighted by Gasteiger charge is -2.23. The average molecular weight is 342 g/mol. The molecule has 0 aliphatic rings. The molecule has 0 saturated heterocycles. The van der Waals surface area contributed by atoms with Gasteiger partial charge in [0, 0.05) is 5.92 Å². The van der Waals surface area contributed by atoms with E-state index in [1.807, 2.05) is 31.2 Å². The van der Waals surface area contributed by atoms with Gasteiger partial charge in [0.15, 0.2) is 0 Å². The fourth-order valence-corrected chi connectivity index (χ4v) is 3.28. The quantitative estimate of drug-likeness (QED) is 0.715. The van der Waals surface area contributed by atoms with Gasteiger partial charge in [0.2, 0.25) is 0 Å². The van der Waals surface area contributed by atoms with E-state index in [1.165, 1.54) is 17.7 Å². The SMILES string of the molecule is CCc1ccc([C@@H](O)CC[C@@H](C(C)=O)[C@H](C)c2ccc(F)cc2)cc1. The summed E-state index contributed by atoms with van der Waals surface area (Å²) in [4.78, 5) is 12.1. The number of carbonyl (C=O) groups is 1. The summed E-state index contributed by atoms with van der Waals surface area (Å²) in [5, 5.41) is 10.4. The van der Waals surface area contributed by atoms with Crippen LogP contribution in [0.5, 0.6) is 0 Å². The van der Waals surface area contributed by atoms with Crippen molar-refractivity contribution in [1.82, 2.24) is 0 Å². The summed E-state index contributed by atoms with van der Waals surface area (Å²) in [5.74, 6) is -0.366. The third-order valence-corrected chi connectivity index (χ3v) is 5.05. The van der Waals surface area contributed by atoms with Crippen LogP contribution in [0.15, 0.2) is 48.5 Å². The van der Waals surface area contributed by atoms with Gasteiger partial charge in [0.1, 0.15) is 11.6 Å². The molecule has 0 aromatic heterocycles. The number of Topliss-reactive ketones (excluding diaryl/α,β-unsaturated/α-hetero) is 1. The van der Waals surface area contributed by atoms with Gasteiger partial charge in [-0.15, -0.1) is 0 Å². The summed E-state index contributed by atoms with van der Waals surface area (Å²) in [6.45, 7) is 5.68. The number of benzene rings is 2. The van der Waals surface area contributed by atoms with Crippen LogP contribution in [0.3, 0.4) is 0 Å². The van der Waals surface area contributed by atoms with E-state index in [1.54, 1.807) is 19.1 Å². The number of rotatable bonds is 8. The van der Waals surface area contributed by atoms with Gasteiger partial charge in [0.05, 0.1) is 6.10 Å². The van der Waals surface area contributed by atoms with E-state index < -0.39 is 6.10 Å². The van der Waals surface area contributed by atoms with Crippen molar-refractivity contribution >= 4 is 5.78 Å². The number of ketones is 1. The van der Waals surface area contributed by atoms with Crippen molar-refractivity contribution in [3.8, 4) is 0 Å². The number of aliphatic hydroxyl groups is 1. The lowest BCUT2D eigenvalue weighted by Crippen LogP contribution is -2.19. The minimum Gasteiger partial charge on any atom is -0.388 e. The van der Waals surface area contributed by atoms with E-state index in [-0.39, 0.29) is 23.4 Å². The minimum absolute atomic E-state index is 0.00670. The van der Waals surface area contributed by atoms with Crippen LogP contribution in [0, 0.1) is 11.7 Å². The first kappa shape index (κ1) is 19.3. The van der Waals surface area contributed by atoms with Crippen LogP contribution >= 0.6 is 0 Å². The summed E-state index contributed by atoms with van der Waals surface area (Å²) in [6.07, 6.45) is 1.53. The van der Waals surface area contributed by atoms with Gasteiger partial charge in [-0.2, -0.15) is 0 Å². The molecule has 134 valence electrons. The first-order valence-electron chi connectivity index (χ1n) is 8.95. The van der Waals surface area contributed by atoms with Crippen molar-refractivity contribution in [2.24, 2.45) is 5.92 Å². The molecule has 0 aliphatic carbocycles. The van der Waals surface area contributed by atoms with E-state index in [0.29, 0.717) is 12.8 Å². The van der Waals surface area contributed by atoms with Crippen molar-refractivity contribution in [1.29, 1.82) is 0 Å².